The highest BCUT2D eigenvalue weighted by molar-refractivity contribution is 6.30. The van der Waals surface area contributed by atoms with Gasteiger partial charge in [0.2, 0.25) is 11.8 Å². The summed E-state index contributed by atoms with van der Waals surface area (Å²) in [5.74, 6) is -1.88. The van der Waals surface area contributed by atoms with Crippen LogP contribution < -0.4 is 10.2 Å². The molecule has 0 saturated carbocycles. The maximum absolute atomic E-state index is 12.3. The Balaban J connectivity index is 1.55. The van der Waals surface area contributed by atoms with Gasteiger partial charge in [0.05, 0.1) is 18.7 Å². The first-order chi connectivity index (χ1) is 12.4. The van der Waals surface area contributed by atoms with E-state index in [1.807, 2.05) is 0 Å². The van der Waals surface area contributed by atoms with E-state index < -0.39 is 11.9 Å². The average molecular weight is 378 g/mol. The fraction of sp³-hybridized carbons (Fsp3) is 0.312. The summed E-state index contributed by atoms with van der Waals surface area (Å²) in [6.45, 7) is 0.107. The van der Waals surface area contributed by atoms with Crippen LogP contribution in [-0.2, 0) is 27.5 Å². The first-order valence-electron chi connectivity index (χ1n) is 7.87. The van der Waals surface area contributed by atoms with E-state index in [0.717, 1.165) is 0 Å². The molecule has 2 aromatic rings. The summed E-state index contributed by atoms with van der Waals surface area (Å²) < 4.78 is 1.17. The minimum Gasteiger partial charge on any atom is -0.480 e. The lowest BCUT2D eigenvalue weighted by Gasteiger charge is -2.16. The lowest BCUT2D eigenvalue weighted by atomic mass is 10.1. The number of hydrogen-bond acceptors (Lipinski definition) is 5. The molecule has 2 amide bonds. The zero-order valence-corrected chi connectivity index (χ0v) is 14.4. The van der Waals surface area contributed by atoms with E-state index >= 15 is 0 Å². The number of nitrogens with one attached hydrogen (secondary N) is 1. The Morgan fingerprint density at radius 3 is 2.73 bits per heavy atom. The number of hydrogen-bond donors (Lipinski definition) is 2. The number of aliphatic carboxylic acids is 1. The summed E-state index contributed by atoms with van der Waals surface area (Å²) in [5, 5.41) is 19.4. The zero-order chi connectivity index (χ0) is 18.7. The number of nitrogens with zero attached hydrogens (tertiary/aromatic N) is 4. The van der Waals surface area contributed by atoms with Gasteiger partial charge in [-0.25, -0.2) is 4.68 Å². The predicted octanol–water partition coefficient (Wildman–Crippen LogP) is 0.685. The minimum atomic E-state index is -1.03. The molecule has 136 valence electrons. The quantitative estimate of drug-likeness (QED) is 0.764. The summed E-state index contributed by atoms with van der Waals surface area (Å²) in [7, 11) is 0. The minimum absolute atomic E-state index is 0.115. The van der Waals surface area contributed by atoms with Gasteiger partial charge in [-0.1, -0.05) is 16.8 Å². The van der Waals surface area contributed by atoms with Crippen LogP contribution in [0.5, 0.6) is 0 Å². The van der Waals surface area contributed by atoms with Crippen LogP contribution in [0.25, 0.3) is 0 Å². The van der Waals surface area contributed by atoms with Crippen LogP contribution in [0.2, 0.25) is 5.02 Å². The molecule has 2 N–H and O–H groups in total. The Hall–Kier alpha value is -2.94. The van der Waals surface area contributed by atoms with E-state index in [9.17, 15) is 14.4 Å². The topological polar surface area (TPSA) is 117 Å². The molecule has 1 atom stereocenters. The molecule has 2 heterocycles. The third-order valence-electron chi connectivity index (χ3n) is 3.96. The first kappa shape index (κ1) is 17.9. The molecule has 1 aromatic heterocycles. The number of amides is 2. The molecule has 1 aliphatic heterocycles. The van der Waals surface area contributed by atoms with Gasteiger partial charge >= 0.3 is 5.97 Å². The van der Waals surface area contributed by atoms with Crippen molar-refractivity contribution in [1.29, 1.82) is 0 Å². The Morgan fingerprint density at radius 2 is 2.04 bits per heavy atom. The summed E-state index contributed by atoms with van der Waals surface area (Å²) in [6.07, 6.45) is 1.58. The molecular weight excluding hydrogens is 362 g/mol. The predicted molar refractivity (Wildman–Crippen MR) is 91.4 cm³/mol. The fourth-order valence-corrected chi connectivity index (χ4v) is 2.84. The molecule has 1 aliphatic rings. The number of anilines is 1. The number of benzene rings is 1. The SMILES string of the molecule is O=C(O)Cn1cc(CNC(=O)C2CC(=O)N(c3ccc(Cl)cc3)C2)nn1. The van der Waals surface area contributed by atoms with Crippen molar-refractivity contribution < 1.29 is 19.5 Å². The standard InChI is InChI=1S/C16H16ClN5O4/c17-11-1-3-13(4-2-11)22-7-10(5-14(22)23)16(26)18-6-12-8-21(20-19-12)9-15(24)25/h1-4,8,10H,5-7,9H2,(H,18,26)(H,24,25). The summed E-state index contributed by atoms with van der Waals surface area (Å²) in [6, 6.07) is 6.86. The normalized spacial score (nSPS) is 16.7. The van der Waals surface area contributed by atoms with Crippen molar-refractivity contribution in [3.63, 3.8) is 0 Å². The lowest BCUT2D eigenvalue weighted by Crippen LogP contribution is -2.32. The molecular formula is C16H16ClN5O4. The second kappa shape index (κ2) is 7.52. The highest BCUT2D eigenvalue weighted by Crippen LogP contribution is 2.26. The summed E-state index contributed by atoms with van der Waals surface area (Å²) in [5.41, 5.74) is 1.14. The molecule has 1 fully saturated rings. The Morgan fingerprint density at radius 1 is 1.31 bits per heavy atom. The van der Waals surface area contributed by atoms with Crippen LogP contribution in [0.1, 0.15) is 12.1 Å². The summed E-state index contributed by atoms with van der Waals surface area (Å²) in [4.78, 5) is 36.7. The average Bonchev–Trinajstić information content (AvgIpc) is 3.19. The molecule has 0 bridgehead atoms. The van der Waals surface area contributed by atoms with Crippen molar-refractivity contribution in [2.24, 2.45) is 5.92 Å². The Labute approximate surface area is 153 Å². The van der Waals surface area contributed by atoms with Crippen molar-refractivity contribution in [3.05, 3.63) is 41.2 Å². The maximum Gasteiger partial charge on any atom is 0.325 e. The van der Waals surface area contributed by atoms with Gasteiger partial charge in [-0.15, -0.1) is 5.10 Å². The number of carbonyl (C=O) groups excluding carboxylic acids is 2. The van der Waals surface area contributed by atoms with Gasteiger partial charge in [0.15, 0.2) is 0 Å². The number of aromatic nitrogens is 3. The van der Waals surface area contributed by atoms with Crippen LogP contribution in [-0.4, -0.2) is 44.4 Å². The third kappa shape index (κ3) is 4.17. The van der Waals surface area contributed by atoms with E-state index in [0.29, 0.717) is 16.4 Å². The number of carbonyl (C=O) groups is 3. The van der Waals surface area contributed by atoms with Crippen LogP contribution in [0.15, 0.2) is 30.5 Å². The largest absolute Gasteiger partial charge is 0.480 e. The monoisotopic (exact) mass is 377 g/mol. The Kier molecular flexibility index (Phi) is 5.17. The lowest BCUT2D eigenvalue weighted by molar-refractivity contribution is -0.138. The molecule has 3 rings (SSSR count). The third-order valence-corrected chi connectivity index (χ3v) is 4.21. The van der Waals surface area contributed by atoms with E-state index in [-0.39, 0.29) is 37.9 Å². The van der Waals surface area contributed by atoms with Crippen LogP contribution in [0, 0.1) is 5.92 Å². The van der Waals surface area contributed by atoms with Crippen molar-refractivity contribution in [1.82, 2.24) is 20.3 Å². The van der Waals surface area contributed by atoms with Gasteiger partial charge in [0.1, 0.15) is 12.2 Å². The fourth-order valence-electron chi connectivity index (χ4n) is 2.71. The van der Waals surface area contributed by atoms with Gasteiger partial charge in [-0.3, -0.25) is 14.4 Å². The molecule has 10 heteroatoms. The molecule has 1 aromatic carbocycles. The van der Waals surface area contributed by atoms with Crippen molar-refractivity contribution >= 4 is 35.1 Å². The molecule has 0 radical (unpaired) electrons. The van der Waals surface area contributed by atoms with Crippen LogP contribution >= 0.6 is 11.6 Å². The van der Waals surface area contributed by atoms with E-state index in [1.54, 1.807) is 29.2 Å². The van der Waals surface area contributed by atoms with E-state index in [4.69, 9.17) is 16.7 Å². The van der Waals surface area contributed by atoms with E-state index in [2.05, 4.69) is 15.6 Å². The van der Waals surface area contributed by atoms with Crippen LogP contribution in [0.4, 0.5) is 5.69 Å². The molecule has 1 unspecified atom stereocenters. The second-order valence-corrected chi connectivity index (χ2v) is 6.34. The van der Waals surface area contributed by atoms with Crippen molar-refractivity contribution in [3.8, 4) is 0 Å². The summed E-state index contributed by atoms with van der Waals surface area (Å²) >= 11 is 5.85. The molecule has 1 saturated heterocycles. The second-order valence-electron chi connectivity index (χ2n) is 5.90. The smallest absolute Gasteiger partial charge is 0.325 e. The van der Waals surface area contributed by atoms with E-state index in [1.165, 1.54) is 10.9 Å². The van der Waals surface area contributed by atoms with Gasteiger partial charge in [-0.2, -0.15) is 0 Å². The number of halogens is 1. The van der Waals surface area contributed by atoms with Gasteiger partial charge in [0.25, 0.3) is 0 Å². The number of carboxylic acids is 1. The molecule has 26 heavy (non-hydrogen) atoms. The van der Waals surface area contributed by atoms with Gasteiger partial charge < -0.3 is 15.3 Å². The molecule has 0 aliphatic carbocycles. The molecule has 0 spiro atoms. The van der Waals surface area contributed by atoms with Crippen molar-refractivity contribution in [2.75, 3.05) is 11.4 Å². The first-order valence-corrected chi connectivity index (χ1v) is 8.24. The van der Waals surface area contributed by atoms with Gasteiger partial charge in [0, 0.05) is 23.7 Å². The zero-order valence-electron chi connectivity index (χ0n) is 13.6. The van der Waals surface area contributed by atoms with Crippen molar-refractivity contribution in [2.45, 2.75) is 19.5 Å². The number of rotatable bonds is 6. The highest BCUT2D eigenvalue weighted by Gasteiger charge is 2.35. The number of carboxylic acid groups (broad SMARTS) is 1. The van der Waals surface area contributed by atoms with Gasteiger partial charge in [-0.05, 0) is 24.3 Å². The maximum atomic E-state index is 12.3. The Bertz CT molecular complexity index is 835. The van der Waals surface area contributed by atoms with Crippen LogP contribution in [0.3, 0.4) is 0 Å². The highest BCUT2D eigenvalue weighted by atomic mass is 35.5. The molecule has 9 nitrogen and oxygen atoms in total.